The molecule has 0 bridgehead atoms. The largest absolute Gasteiger partial charge is 0.481 e. The number of fused-ring (bicyclic) bond motifs is 1. The van der Waals surface area contributed by atoms with Gasteiger partial charge in [0.15, 0.2) is 0 Å². The second-order valence-corrected chi connectivity index (χ2v) is 3.91. The number of benzene rings is 1. The molecule has 1 aliphatic rings. The zero-order chi connectivity index (χ0) is 11.1. The summed E-state index contributed by atoms with van der Waals surface area (Å²) in [6.07, 6.45) is 3.27. The molecule has 15 heavy (non-hydrogen) atoms. The molecule has 1 aliphatic carbocycles. The Labute approximate surface area is 87.7 Å². The van der Waals surface area contributed by atoms with Crippen molar-refractivity contribution in [3.63, 3.8) is 0 Å². The van der Waals surface area contributed by atoms with E-state index in [1.54, 1.807) is 18.2 Å². The zero-order valence-corrected chi connectivity index (χ0v) is 8.34. The van der Waals surface area contributed by atoms with Crippen LogP contribution in [-0.4, -0.2) is 16.2 Å². The first-order chi connectivity index (χ1) is 7.03. The van der Waals surface area contributed by atoms with Gasteiger partial charge in [0.2, 0.25) is 0 Å². The highest BCUT2D eigenvalue weighted by atomic mass is 16.4. The van der Waals surface area contributed by atoms with E-state index >= 15 is 0 Å². The van der Waals surface area contributed by atoms with Crippen LogP contribution >= 0.6 is 0 Å². The van der Waals surface area contributed by atoms with Crippen molar-refractivity contribution < 1.29 is 15.0 Å². The van der Waals surface area contributed by atoms with E-state index < -0.39 is 17.5 Å². The van der Waals surface area contributed by atoms with E-state index in [1.807, 2.05) is 12.1 Å². The second kappa shape index (κ2) is 3.21. The van der Waals surface area contributed by atoms with Crippen LogP contribution in [0.1, 0.15) is 18.1 Å². The Bertz CT molecular complexity index is 432. The maximum atomic E-state index is 11.0. The molecule has 0 heterocycles. The number of rotatable bonds is 1. The van der Waals surface area contributed by atoms with Crippen LogP contribution in [0.5, 0.6) is 0 Å². The smallest absolute Gasteiger partial charge is 0.313 e. The number of hydrogen-bond acceptors (Lipinski definition) is 2. The Balaban J connectivity index is 2.57. The SMILES string of the molecule is CC1(O)c2ccccc2C=CC1C(=O)O. The molecule has 0 aromatic heterocycles. The average Bonchev–Trinajstić information content (AvgIpc) is 2.17. The van der Waals surface area contributed by atoms with E-state index in [4.69, 9.17) is 5.11 Å². The summed E-state index contributed by atoms with van der Waals surface area (Å²) in [6.45, 7) is 1.54. The Kier molecular flexibility index (Phi) is 2.12. The van der Waals surface area contributed by atoms with Gasteiger partial charge < -0.3 is 10.2 Å². The maximum Gasteiger partial charge on any atom is 0.313 e. The molecule has 0 saturated heterocycles. The van der Waals surface area contributed by atoms with Gasteiger partial charge in [-0.25, -0.2) is 0 Å². The number of aliphatic carboxylic acids is 1. The molecule has 78 valence electrons. The van der Waals surface area contributed by atoms with Gasteiger partial charge in [0.1, 0.15) is 11.5 Å². The topological polar surface area (TPSA) is 57.5 Å². The van der Waals surface area contributed by atoms with Crippen LogP contribution in [0, 0.1) is 5.92 Å². The van der Waals surface area contributed by atoms with Crippen LogP contribution in [0.3, 0.4) is 0 Å². The average molecular weight is 204 g/mol. The van der Waals surface area contributed by atoms with E-state index in [-0.39, 0.29) is 0 Å². The Morgan fingerprint density at radius 3 is 2.73 bits per heavy atom. The molecule has 0 fully saturated rings. The third kappa shape index (κ3) is 1.45. The molecule has 2 unspecified atom stereocenters. The molecule has 0 radical (unpaired) electrons. The molecule has 2 rings (SSSR count). The number of carboxylic acid groups (broad SMARTS) is 1. The molecule has 0 amide bonds. The van der Waals surface area contributed by atoms with Gasteiger partial charge in [0.05, 0.1) is 0 Å². The van der Waals surface area contributed by atoms with E-state index in [2.05, 4.69) is 0 Å². The summed E-state index contributed by atoms with van der Waals surface area (Å²) in [5.74, 6) is -1.89. The van der Waals surface area contributed by atoms with Gasteiger partial charge in [-0.05, 0) is 18.1 Å². The number of aliphatic hydroxyl groups is 1. The van der Waals surface area contributed by atoms with Crippen LogP contribution in [0.15, 0.2) is 30.3 Å². The minimum absolute atomic E-state index is 0.667. The summed E-state index contributed by atoms with van der Waals surface area (Å²) in [7, 11) is 0. The molecule has 3 nitrogen and oxygen atoms in total. The quantitative estimate of drug-likeness (QED) is 0.730. The number of carboxylic acids is 1. The molecule has 0 aliphatic heterocycles. The minimum Gasteiger partial charge on any atom is -0.481 e. The second-order valence-electron chi connectivity index (χ2n) is 3.91. The normalized spacial score (nSPS) is 28.5. The van der Waals surface area contributed by atoms with Crippen molar-refractivity contribution >= 4 is 12.0 Å². The lowest BCUT2D eigenvalue weighted by Crippen LogP contribution is -2.38. The van der Waals surface area contributed by atoms with Gasteiger partial charge in [-0.3, -0.25) is 4.79 Å². The van der Waals surface area contributed by atoms with E-state index in [0.29, 0.717) is 5.56 Å². The lowest BCUT2D eigenvalue weighted by Gasteiger charge is -2.32. The van der Waals surface area contributed by atoms with Crippen LogP contribution in [0.25, 0.3) is 6.08 Å². The Morgan fingerprint density at radius 2 is 2.07 bits per heavy atom. The molecule has 2 atom stereocenters. The van der Waals surface area contributed by atoms with Crippen LogP contribution < -0.4 is 0 Å². The predicted octanol–water partition coefficient (Wildman–Crippen LogP) is 1.62. The highest BCUT2D eigenvalue weighted by molar-refractivity contribution is 5.78. The van der Waals surface area contributed by atoms with Gasteiger partial charge >= 0.3 is 5.97 Å². The number of hydrogen-bond donors (Lipinski definition) is 2. The van der Waals surface area contributed by atoms with Crippen molar-refractivity contribution in [3.8, 4) is 0 Å². The Hall–Kier alpha value is -1.61. The summed E-state index contributed by atoms with van der Waals surface area (Å²) >= 11 is 0. The van der Waals surface area contributed by atoms with Gasteiger partial charge in [0.25, 0.3) is 0 Å². The van der Waals surface area contributed by atoms with Crippen LogP contribution in [0.4, 0.5) is 0 Å². The fourth-order valence-electron chi connectivity index (χ4n) is 1.98. The third-order valence-corrected chi connectivity index (χ3v) is 2.85. The van der Waals surface area contributed by atoms with Gasteiger partial charge in [-0.15, -0.1) is 0 Å². The van der Waals surface area contributed by atoms with Crippen molar-refractivity contribution in [2.45, 2.75) is 12.5 Å². The predicted molar refractivity (Wildman–Crippen MR) is 56.2 cm³/mol. The molecule has 1 aromatic rings. The fourth-order valence-corrected chi connectivity index (χ4v) is 1.98. The van der Waals surface area contributed by atoms with E-state index in [9.17, 15) is 9.90 Å². The summed E-state index contributed by atoms with van der Waals surface area (Å²) in [6, 6.07) is 7.28. The summed E-state index contributed by atoms with van der Waals surface area (Å²) in [4.78, 5) is 11.0. The number of carbonyl (C=O) groups is 1. The van der Waals surface area contributed by atoms with Crippen molar-refractivity contribution in [1.82, 2.24) is 0 Å². The minimum atomic E-state index is -1.34. The monoisotopic (exact) mass is 204 g/mol. The molecular formula is C12H12O3. The van der Waals surface area contributed by atoms with Crippen molar-refractivity contribution in [2.75, 3.05) is 0 Å². The van der Waals surface area contributed by atoms with Gasteiger partial charge in [0, 0.05) is 0 Å². The molecule has 1 aromatic carbocycles. The lowest BCUT2D eigenvalue weighted by molar-refractivity contribution is -0.148. The lowest BCUT2D eigenvalue weighted by atomic mass is 9.77. The van der Waals surface area contributed by atoms with E-state index in [0.717, 1.165) is 5.56 Å². The fraction of sp³-hybridized carbons (Fsp3) is 0.250. The molecule has 3 heteroatoms. The first kappa shape index (κ1) is 9.93. The van der Waals surface area contributed by atoms with E-state index in [1.165, 1.54) is 13.0 Å². The summed E-state index contributed by atoms with van der Waals surface area (Å²) < 4.78 is 0. The summed E-state index contributed by atoms with van der Waals surface area (Å²) in [5, 5.41) is 19.2. The third-order valence-electron chi connectivity index (χ3n) is 2.85. The van der Waals surface area contributed by atoms with Gasteiger partial charge in [-0.1, -0.05) is 36.4 Å². The van der Waals surface area contributed by atoms with Crippen molar-refractivity contribution in [3.05, 3.63) is 41.5 Å². The standard InChI is InChI=1S/C12H12O3/c1-12(15)9-5-3-2-4-8(9)6-7-10(12)11(13)14/h2-7,10,15H,1H3,(H,13,14). The molecule has 0 spiro atoms. The molecule has 2 N–H and O–H groups in total. The first-order valence-electron chi connectivity index (χ1n) is 4.76. The highest BCUT2D eigenvalue weighted by Crippen LogP contribution is 2.37. The van der Waals surface area contributed by atoms with Gasteiger partial charge in [-0.2, -0.15) is 0 Å². The first-order valence-corrected chi connectivity index (χ1v) is 4.76. The van der Waals surface area contributed by atoms with Crippen molar-refractivity contribution in [1.29, 1.82) is 0 Å². The molecular weight excluding hydrogens is 192 g/mol. The summed E-state index contributed by atoms with van der Waals surface area (Å²) in [5.41, 5.74) is 0.205. The van der Waals surface area contributed by atoms with Crippen LogP contribution in [0.2, 0.25) is 0 Å². The maximum absolute atomic E-state index is 11.0. The van der Waals surface area contributed by atoms with Crippen LogP contribution in [-0.2, 0) is 10.4 Å². The van der Waals surface area contributed by atoms with Crippen molar-refractivity contribution in [2.24, 2.45) is 5.92 Å². The molecule has 0 saturated carbocycles. The highest BCUT2D eigenvalue weighted by Gasteiger charge is 2.40. The Morgan fingerprint density at radius 1 is 1.40 bits per heavy atom. The zero-order valence-electron chi connectivity index (χ0n) is 8.34.